The maximum absolute atomic E-state index is 1.58. The van der Waals surface area contributed by atoms with Crippen molar-refractivity contribution in [2.45, 2.75) is 57.8 Å². The number of hydrogen-bond donors (Lipinski definition) is 0. The fourth-order valence-corrected chi connectivity index (χ4v) is 2.97. The minimum absolute atomic E-state index is 1.13. The SMILES string of the molecule is C1CC[C@@H]2CCC[C@H](CC1)C2. The van der Waals surface area contributed by atoms with Gasteiger partial charge in [-0.15, -0.1) is 0 Å². The van der Waals surface area contributed by atoms with Gasteiger partial charge in [0, 0.05) is 0 Å². The van der Waals surface area contributed by atoms with E-state index in [4.69, 9.17) is 0 Å². The number of hydrogen-bond acceptors (Lipinski definition) is 0. The third-order valence-corrected chi connectivity index (χ3v) is 3.62. The maximum Gasteiger partial charge on any atom is -0.0412 e. The predicted octanol–water partition coefficient (Wildman–Crippen LogP) is 3.76. The third kappa shape index (κ3) is 1.98. The Morgan fingerprint density at radius 1 is 0.545 bits per heavy atom. The van der Waals surface area contributed by atoms with E-state index in [1.165, 1.54) is 25.7 Å². The summed E-state index contributed by atoms with van der Waals surface area (Å²) < 4.78 is 0. The molecule has 0 heterocycles. The molecule has 11 heavy (non-hydrogen) atoms. The van der Waals surface area contributed by atoms with Crippen LogP contribution in [0.15, 0.2) is 0 Å². The highest BCUT2D eigenvalue weighted by atomic mass is 14.3. The second-order valence-corrected chi connectivity index (χ2v) is 4.54. The fourth-order valence-electron chi connectivity index (χ4n) is 2.97. The Morgan fingerprint density at radius 3 is 1.73 bits per heavy atom. The van der Waals surface area contributed by atoms with E-state index in [-0.39, 0.29) is 0 Å². The van der Waals surface area contributed by atoms with Crippen LogP contribution < -0.4 is 0 Å². The normalized spacial score (nSPS) is 39.3. The summed E-state index contributed by atoms with van der Waals surface area (Å²) in [7, 11) is 0. The van der Waals surface area contributed by atoms with Crippen molar-refractivity contribution in [2.75, 3.05) is 0 Å². The maximum atomic E-state index is 1.58. The first-order chi connectivity index (χ1) is 5.45. The van der Waals surface area contributed by atoms with Crippen LogP contribution in [0.5, 0.6) is 0 Å². The average Bonchev–Trinajstić information content (AvgIpc) is 2.02. The van der Waals surface area contributed by atoms with Crippen molar-refractivity contribution in [2.24, 2.45) is 11.8 Å². The number of rotatable bonds is 0. The highest BCUT2D eigenvalue weighted by molar-refractivity contribution is 4.75. The standard InChI is InChI=1S/C11H20/c1-2-5-10-7-4-8-11(9-10)6-3-1/h10-11H,1-9H2/t10-,11+. The first kappa shape index (κ1) is 7.64. The monoisotopic (exact) mass is 152 g/mol. The summed E-state index contributed by atoms with van der Waals surface area (Å²) in [6.07, 6.45) is 13.9. The molecule has 64 valence electrons. The molecule has 2 saturated carbocycles. The Balaban J connectivity index is 1.90. The smallest absolute Gasteiger partial charge is 0.0412 e. The van der Waals surface area contributed by atoms with Crippen LogP contribution in [-0.2, 0) is 0 Å². The summed E-state index contributed by atoms with van der Waals surface area (Å²) in [6.45, 7) is 0. The van der Waals surface area contributed by atoms with Crippen molar-refractivity contribution in [3.8, 4) is 0 Å². The topological polar surface area (TPSA) is 0 Å². The lowest BCUT2D eigenvalue weighted by molar-refractivity contribution is 0.218. The molecule has 2 atom stereocenters. The van der Waals surface area contributed by atoms with Gasteiger partial charge in [0.05, 0.1) is 0 Å². The van der Waals surface area contributed by atoms with E-state index in [0.29, 0.717) is 0 Å². The summed E-state index contributed by atoms with van der Waals surface area (Å²) in [5.41, 5.74) is 0. The molecule has 2 aliphatic rings. The minimum atomic E-state index is 1.13. The molecule has 0 amide bonds. The summed E-state index contributed by atoms with van der Waals surface area (Å²) in [5, 5.41) is 0. The Kier molecular flexibility index (Phi) is 2.50. The van der Waals surface area contributed by atoms with Gasteiger partial charge in [-0.3, -0.25) is 0 Å². The van der Waals surface area contributed by atoms with Crippen molar-refractivity contribution in [1.82, 2.24) is 0 Å². The lowest BCUT2D eigenvalue weighted by atomic mass is 9.75. The molecule has 0 N–H and O–H groups in total. The van der Waals surface area contributed by atoms with Crippen molar-refractivity contribution < 1.29 is 0 Å². The highest BCUT2D eigenvalue weighted by Crippen LogP contribution is 2.36. The summed E-state index contributed by atoms with van der Waals surface area (Å²) in [6, 6.07) is 0. The first-order valence-corrected chi connectivity index (χ1v) is 5.45. The molecule has 0 unspecified atom stereocenters. The van der Waals surface area contributed by atoms with Crippen molar-refractivity contribution in [3.05, 3.63) is 0 Å². The van der Waals surface area contributed by atoms with Gasteiger partial charge in [-0.2, -0.15) is 0 Å². The van der Waals surface area contributed by atoms with E-state index in [0.717, 1.165) is 11.8 Å². The van der Waals surface area contributed by atoms with Crippen LogP contribution in [0, 0.1) is 11.8 Å². The van der Waals surface area contributed by atoms with E-state index < -0.39 is 0 Å². The Hall–Kier alpha value is 0. The van der Waals surface area contributed by atoms with Gasteiger partial charge in [0.1, 0.15) is 0 Å². The van der Waals surface area contributed by atoms with Crippen LogP contribution in [-0.4, -0.2) is 0 Å². The van der Waals surface area contributed by atoms with E-state index in [1.807, 2.05) is 0 Å². The van der Waals surface area contributed by atoms with Crippen LogP contribution in [0.4, 0.5) is 0 Å². The van der Waals surface area contributed by atoms with Gasteiger partial charge in [0.25, 0.3) is 0 Å². The molecule has 0 spiro atoms. The van der Waals surface area contributed by atoms with Gasteiger partial charge in [-0.25, -0.2) is 0 Å². The van der Waals surface area contributed by atoms with E-state index in [1.54, 1.807) is 32.1 Å². The molecule has 0 nitrogen and oxygen atoms in total. The molecule has 0 aromatic rings. The molecule has 2 bridgehead atoms. The zero-order chi connectivity index (χ0) is 7.52. The van der Waals surface area contributed by atoms with E-state index >= 15 is 0 Å². The molecule has 0 aromatic heterocycles. The van der Waals surface area contributed by atoms with Crippen molar-refractivity contribution in [1.29, 1.82) is 0 Å². The third-order valence-electron chi connectivity index (χ3n) is 3.62. The Morgan fingerprint density at radius 2 is 1.09 bits per heavy atom. The molecule has 2 aliphatic carbocycles. The van der Waals surface area contributed by atoms with Gasteiger partial charge in [0.15, 0.2) is 0 Å². The summed E-state index contributed by atoms with van der Waals surface area (Å²) >= 11 is 0. The van der Waals surface area contributed by atoms with E-state index in [9.17, 15) is 0 Å². The van der Waals surface area contributed by atoms with Gasteiger partial charge in [-0.05, 0) is 18.3 Å². The minimum Gasteiger partial charge on any atom is -0.0533 e. The van der Waals surface area contributed by atoms with Crippen molar-refractivity contribution in [3.63, 3.8) is 0 Å². The molecule has 2 fully saturated rings. The quantitative estimate of drug-likeness (QED) is 0.496. The Labute approximate surface area is 70.4 Å². The second kappa shape index (κ2) is 3.60. The van der Waals surface area contributed by atoms with Crippen molar-refractivity contribution >= 4 is 0 Å². The molecular formula is C11H20. The lowest BCUT2D eigenvalue weighted by Crippen LogP contribution is -2.17. The average molecular weight is 152 g/mol. The van der Waals surface area contributed by atoms with Gasteiger partial charge < -0.3 is 0 Å². The molecular weight excluding hydrogens is 132 g/mol. The second-order valence-electron chi connectivity index (χ2n) is 4.54. The zero-order valence-corrected chi connectivity index (χ0v) is 7.52. The highest BCUT2D eigenvalue weighted by Gasteiger charge is 2.22. The van der Waals surface area contributed by atoms with E-state index in [2.05, 4.69) is 0 Å². The summed E-state index contributed by atoms with van der Waals surface area (Å²) in [4.78, 5) is 0. The van der Waals surface area contributed by atoms with Gasteiger partial charge in [-0.1, -0.05) is 51.4 Å². The lowest BCUT2D eigenvalue weighted by Gasteiger charge is -2.31. The van der Waals surface area contributed by atoms with Crippen LogP contribution in [0.25, 0.3) is 0 Å². The Bertz CT molecular complexity index is 105. The number of fused-ring (bicyclic) bond motifs is 2. The molecule has 0 aromatic carbocycles. The molecule has 2 rings (SSSR count). The van der Waals surface area contributed by atoms with Gasteiger partial charge in [0.2, 0.25) is 0 Å². The zero-order valence-electron chi connectivity index (χ0n) is 7.52. The molecule has 0 saturated heterocycles. The molecule has 0 radical (unpaired) electrons. The van der Waals surface area contributed by atoms with Crippen LogP contribution in [0.3, 0.4) is 0 Å². The van der Waals surface area contributed by atoms with Crippen LogP contribution >= 0.6 is 0 Å². The summed E-state index contributed by atoms with van der Waals surface area (Å²) in [5.74, 6) is 2.27. The first-order valence-electron chi connectivity index (χ1n) is 5.45. The molecule has 0 aliphatic heterocycles. The van der Waals surface area contributed by atoms with Gasteiger partial charge >= 0.3 is 0 Å². The molecule has 0 heteroatoms. The van der Waals surface area contributed by atoms with Crippen LogP contribution in [0.1, 0.15) is 57.8 Å². The van der Waals surface area contributed by atoms with Crippen LogP contribution in [0.2, 0.25) is 0 Å². The fraction of sp³-hybridized carbons (Fsp3) is 1.00. The predicted molar refractivity (Wildman–Crippen MR) is 48.5 cm³/mol. The largest absolute Gasteiger partial charge is 0.0533 e.